The van der Waals surface area contributed by atoms with Crippen molar-refractivity contribution < 1.29 is 9.90 Å². The van der Waals surface area contributed by atoms with Crippen LogP contribution < -0.4 is 0 Å². The lowest BCUT2D eigenvalue weighted by Gasteiger charge is -2.13. The first-order chi connectivity index (χ1) is 12.6. The second-order valence-corrected chi connectivity index (χ2v) is 6.67. The standard InChI is InChI=1S/C18H20N6O2/c1-12-7-14(20-19-12)8-13-9-23(11-17(13)25)18(26)16-10-24(22-21-16)15-5-3-2-4-6-15/h2-7,10,13,17,25H,8-9,11H2,1H3,(H,19,20)/t13-,17-/m1/s1. The Labute approximate surface area is 150 Å². The maximum Gasteiger partial charge on any atom is 0.276 e. The molecular weight excluding hydrogens is 332 g/mol. The van der Waals surface area contributed by atoms with E-state index in [0.29, 0.717) is 19.5 Å². The molecule has 0 radical (unpaired) electrons. The molecule has 1 aliphatic rings. The molecule has 0 unspecified atom stereocenters. The zero-order valence-electron chi connectivity index (χ0n) is 14.4. The predicted octanol–water partition coefficient (Wildman–Crippen LogP) is 0.974. The molecule has 1 aromatic carbocycles. The Morgan fingerprint density at radius 2 is 2.12 bits per heavy atom. The fourth-order valence-corrected chi connectivity index (χ4v) is 3.30. The van der Waals surface area contributed by atoms with Crippen LogP contribution in [0.1, 0.15) is 21.9 Å². The first-order valence-electron chi connectivity index (χ1n) is 8.56. The maximum absolute atomic E-state index is 12.7. The molecular formula is C18H20N6O2. The number of nitrogens with one attached hydrogen (secondary N) is 1. The van der Waals surface area contributed by atoms with E-state index in [1.807, 2.05) is 43.3 Å². The fourth-order valence-electron chi connectivity index (χ4n) is 3.30. The van der Waals surface area contributed by atoms with E-state index in [1.54, 1.807) is 15.8 Å². The average molecular weight is 352 g/mol. The number of aryl methyl sites for hydroxylation is 1. The monoisotopic (exact) mass is 352 g/mol. The minimum atomic E-state index is -0.569. The molecule has 2 atom stereocenters. The normalized spacial score (nSPS) is 19.8. The van der Waals surface area contributed by atoms with Crippen LogP contribution in [-0.4, -0.2) is 60.3 Å². The summed E-state index contributed by atoms with van der Waals surface area (Å²) < 4.78 is 1.57. The highest BCUT2D eigenvalue weighted by atomic mass is 16.3. The Kier molecular flexibility index (Phi) is 4.26. The van der Waals surface area contributed by atoms with Gasteiger partial charge in [-0.1, -0.05) is 23.4 Å². The van der Waals surface area contributed by atoms with Gasteiger partial charge in [0.25, 0.3) is 5.91 Å². The van der Waals surface area contributed by atoms with Gasteiger partial charge in [0.05, 0.1) is 23.7 Å². The van der Waals surface area contributed by atoms with Gasteiger partial charge >= 0.3 is 0 Å². The molecule has 26 heavy (non-hydrogen) atoms. The van der Waals surface area contributed by atoms with Crippen molar-refractivity contribution >= 4 is 5.91 Å². The summed E-state index contributed by atoms with van der Waals surface area (Å²) in [7, 11) is 0. The van der Waals surface area contributed by atoms with Gasteiger partial charge in [0, 0.05) is 24.7 Å². The molecule has 3 heterocycles. The van der Waals surface area contributed by atoms with Gasteiger partial charge in [-0.25, -0.2) is 4.68 Å². The third-order valence-electron chi connectivity index (χ3n) is 4.66. The Bertz CT molecular complexity index is 903. The van der Waals surface area contributed by atoms with Gasteiger partial charge in [-0.05, 0) is 31.5 Å². The Morgan fingerprint density at radius 1 is 1.31 bits per heavy atom. The van der Waals surface area contributed by atoms with Crippen LogP contribution in [-0.2, 0) is 6.42 Å². The first-order valence-corrected chi connectivity index (χ1v) is 8.56. The number of rotatable bonds is 4. The lowest BCUT2D eigenvalue weighted by atomic mass is 10.0. The van der Waals surface area contributed by atoms with Crippen molar-refractivity contribution in [1.82, 2.24) is 30.1 Å². The van der Waals surface area contributed by atoms with E-state index in [1.165, 1.54) is 0 Å². The van der Waals surface area contributed by atoms with Gasteiger partial charge in [-0.15, -0.1) is 5.10 Å². The molecule has 134 valence electrons. The summed E-state index contributed by atoms with van der Waals surface area (Å²) in [5.41, 5.74) is 3.00. The van der Waals surface area contributed by atoms with Crippen LogP contribution in [0.25, 0.3) is 5.69 Å². The quantitative estimate of drug-likeness (QED) is 0.729. The van der Waals surface area contributed by atoms with Crippen molar-refractivity contribution in [2.24, 2.45) is 5.92 Å². The number of benzene rings is 1. The van der Waals surface area contributed by atoms with Crippen LogP contribution in [0.3, 0.4) is 0 Å². The van der Waals surface area contributed by atoms with E-state index in [9.17, 15) is 9.90 Å². The predicted molar refractivity (Wildman–Crippen MR) is 93.8 cm³/mol. The highest BCUT2D eigenvalue weighted by Gasteiger charge is 2.35. The zero-order valence-corrected chi connectivity index (χ0v) is 14.4. The second kappa shape index (κ2) is 6.72. The summed E-state index contributed by atoms with van der Waals surface area (Å²) in [5.74, 6) is -0.252. The minimum absolute atomic E-state index is 0.0363. The number of aliphatic hydroxyl groups excluding tert-OH is 1. The number of carbonyl (C=O) groups excluding carboxylic acids is 1. The summed E-state index contributed by atoms with van der Waals surface area (Å²) in [6, 6.07) is 11.5. The van der Waals surface area contributed by atoms with E-state index in [-0.39, 0.29) is 17.5 Å². The summed E-state index contributed by atoms with van der Waals surface area (Å²) in [4.78, 5) is 14.3. The summed E-state index contributed by atoms with van der Waals surface area (Å²) in [6.07, 6.45) is 1.68. The number of hydrogen-bond acceptors (Lipinski definition) is 5. The molecule has 3 aromatic rings. The number of hydrogen-bond donors (Lipinski definition) is 2. The van der Waals surface area contributed by atoms with Crippen LogP contribution in [0.5, 0.6) is 0 Å². The lowest BCUT2D eigenvalue weighted by molar-refractivity contribution is 0.0759. The van der Waals surface area contributed by atoms with Crippen LogP contribution in [0.2, 0.25) is 0 Å². The van der Waals surface area contributed by atoms with Crippen molar-refractivity contribution in [1.29, 1.82) is 0 Å². The Morgan fingerprint density at radius 3 is 2.85 bits per heavy atom. The molecule has 8 heteroatoms. The number of amides is 1. The second-order valence-electron chi connectivity index (χ2n) is 6.67. The first kappa shape index (κ1) is 16.5. The number of H-pyrrole nitrogens is 1. The van der Waals surface area contributed by atoms with Crippen LogP contribution in [0, 0.1) is 12.8 Å². The largest absolute Gasteiger partial charge is 0.391 e. The van der Waals surface area contributed by atoms with Crippen molar-refractivity contribution in [3.8, 4) is 5.69 Å². The number of nitrogens with zero attached hydrogens (tertiary/aromatic N) is 5. The third kappa shape index (κ3) is 3.23. The van der Waals surface area contributed by atoms with E-state index in [0.717, 1.165) is 17.1 Å². The van der Waals surface area contributed by atoms with Gasteiger partial charge < -0.3 is 10.0 Å². The third-order valence-corrected chi connectivity index (χ3v) is 4.66. The number of likely N-dealkylation sites (tertiary alicyclic amines) is 1. The topological polar surface area (TPSA) is 99.9 Å². The summed E-state index contributed by atoms with van der Waals surface area (Å²) in [5, 5.41) is 25.5. The average Bonchev–Trinajstić information content (AvgIpc) is 3.37. The summed E-state index contributed by atoms with van der Waals surface area (Å²) >= 11 is 0. The molecule has 0 bridgehead atoms. The smallest absolute Gasteiger partial charge is 0.276 e. The number of β-amino-alcohol motifs (C(OH)–C–C–N with tert-alkyl or cyclic N) is 1. The number of para-hydroxylation sites is 1. The van der Waals surface area contributed by atoms with Gasteiger partial charge in [0.2, 0.25) is 0 Å². The number of carbonyl (C=O) groups is 1. The molecule has 8 nitrogen and oxygen atoms in total. The molecule has 1 saturated heterocycles. The maximum atomic E-state index is 12.7. The molecule has 4 rings (SSSR count). The molecule has 2 N–H and O–H groups in total. The van der Waals surface area contributed by atoms with E-state index >= 15 is 0 Å². The molecule has 0 saturated carbocycles. The van der Waals surface area contributed by atoms with Crippen LogP contribution >= 0.6 is 0 Å². The van der Waals surface area contributed by atoms with Crippen molar-refractivity contribution in [2.75, 3.05) is 13.1 Å². The lowest BCUT2D eigenvalue weighted by Crippen LogP contribution is -2.30. The summed E-state index contributed by atoms with van der Waals surface area (Å²) in [6.45, 7) is 2.71. The van der Waals surface area contributed by atoms with E-state index in [2.05, 4.69) is 20.5 Å². The van der Waals surface area contributed by atoms with Crippen molar-refractivity contribution in [3.63, 3.8) is 0 Å². The SMILES string of the molecule is Cc1cc(C[C@@H]2CN(C(=O)c3cn(-c4ccccc4)nn3)C[C@H]2O)n[nH]1. The molecule has 2 aromatic heterocycles. The fraction of sp³-hybridized carbons (Fsp3) is 0.333. The zero-order chi connectivity index (χ0) is 18.1. The molecule has 1 aliphatic heterocycles. The van der Waals surface area contributed by atoms with Crippen LogP contribution in [0.15, 0.2) is 42.6 Å². The van der Waals surface area contributed by atoms with Crippen LogP contribution in [0.4, 0.5) is 0 Å². The highest BCUT2D eigenvalue weighted by molar-refractivity contribution is 5.92. The van der Waals surface area contributed by atoms with Gasteiger partial charge in [-0.2, -0.15) is 5.10 Å². The Hall–Kier alpha value is -3.00. The van der Waals surface area contributed by atoms with E-state index in [4.69, 9.17) is 0 Å². The molecule has 0 spiro atoms. The minimum Gasteiger partial charge on any atom is -0.391 e. The van der Waals surface area contributed by atoms with Gasteiger partial charge in [-0.3, -0.25) is 9.89 Å². The Balaban J connectivity index is 1.45. The molecule has 1 amide bonds. The van der Waals surface area contributed by atoms with E-state index < -0.39 is 6.10 Å². The van der Waals surface area contributed by atoms with Crippen molar-refractivity contribution in [2.45, 2.75) is 19.4 Å². The number of aliphatic hydroxyl groups is 1. The number of aromatic nitrogens is 5. The van der Waals surface area contributed by atoms with Gasteiger partial charge in [0.15, 0.2) is 5.69 Å². The van der Waals surface area contributed by atoms with Crippen molar-refractivity contribution in [3.05, 3.63) is 59.7 Å². The molecule has 1 fully saturated rings. The highest BCUT2D eigenvalue weighted by Crippen LogP contribution is 2.22. The number of aromatic amines is 1. The van der Waals surface area contributed by atoms with Gasteiger partial charge in [0.1, 0.15) is 0 Å². The molecule has 0 aliphatic carbocycles.